The minimum Gasteiger partial charge on any atom is -0.361 e. The van der Waals surface area contributed by atoms with Gasteiger partial charge in [-0.3, -0.25) is 0 Å². The Morgan fingerprint density at radius 3 is 2.38 bits per heavy atom. The van der Waals surface area contributed by atoms with Crippen LogP contribution < -0.4 is 10.6 Å². The molecule has 0 atom stereocenters. The van der Waals surface area contributed by atoms with E-state index in [1.54, 1.807) is 0 Å². The lowest BCUT2D eigenvalue weighted by atomic mass is 10.0. The SMILES string of the molecule is Cc1noc(C)c1-c1ccc(NC(=O)NCc2ccccc2)cc1. The highest BCUT2D eigenvalue weighted by Crippen LogP contribution is 2.27. The van der Waals surface area contributed by atoms with Gasteiger partial charge >= 0.3 is 6.03 Å². The van der Waals surface area contributed by atoms with Crippen molar-refractivity contribution in [2.75, 3.05) is 5.32 Å². The quantitative estimate of drug-likeness (QED) is 0.753. The highest BCUT2D eigenvalue weighted by atomic mass is 16.5. The molecular weight excluding hydrogens is 302 g/mol. The summed E-state index contributed by atoms with van der Waals surface area (Å²) in [4.78, 5) is 12.0. The predicted molar refractivity (Wildman–Crippen MR) is 93.7 cm³/mol. The van der Waals surface area contributed by atoms with Gasteiger partial charge in [-0.05, 0) is 37.1 Å². The number of benzene rings is 2. The summed E-state index contributed by atoms with van der Waals surface area (Å²) in [5.41, 5.74) is 4.66. The van der Waals surface area contributed by atoms with Crippen molar-refractivity contribution >= 4 is 11.7 Å². The molecule has 0 aliphatic carbocycles. The first-order chi connectivity index (χ1) is 11.6. The number of nitrogens with one attached hydrogen (secondary N) is 2. The standard InChI is InChI=1S/C19H19N3O2/c1-13-18(14(2)24-22-13)16-8-10-17(11-9-16)21-19(23)20-12-15-6-4-3-5-7-15/h3-11H,12H2,1-2H3,(H2,20,21,23). The monoisotopic (exact) mass is 321 g/mol. The van der Waals surface area contributed by atoms with Crippen LogP contribution in [0.3, 0.4) is 0 Å². The molecule has 0 aliphatic rings. The van der Waals surface area contributed by atoms with Crippen LogP contribution in [0, 0.1) is 13.8 Å². The van der Waals surface area contributed by atoms with Crippen molar-refractivity contribution in [3.8, 4) is 11.1 Å². The van der Waals surface area contributed by atoms with Crippen molar-refractivity contribution in [2.45, 2.75) is 20.4 Å². The van der Waals surface area contributed by atoms with Crippen LogP contribution in [0.4, 0.5) is 10.5 Å². The van der Waals surface area contributed by atoms with Crippen LogP contribution >= 0.6 is 0 Å². The maximum absolute atomic E-state index is 12.0. The number of aromatic nitrogens is 1. The number of nitrogens with zero attached hydrogens (tertiary/aromatic N) is 1. The molecule has 0 bridgehead atoms. The van der Waals surface area contributed by atoms with Gasteiger partial charge in [0.05, 0.1) is 5.69 Å². The molecule has 122 valence electrons. The molecule has 2 N–H and O–H groups in total. The number of hydrogen-bond acceptors (Lipinski definition) is 3. The molecule has 0 unspecified atom stereocenters. The first kappa shape index (κ1) is 15.8. The molecule has 2 aromatic carbocycles. The molecule has 0 saturated heterocycles. The number of urea groups is 1. The lowest BCUT2D eigenvalue weighted by molar-refractivity contribution is 0.251. The van der Waals surface area contributed by atoms with Gasteiger partial charge in [0.25, 0.3) is 0 Å². The lowest BCUT2D eigenvalue weighted by Crippen LogP contribution is -2.28. The molecule has 1 aromatic heterocycles. The van der Waals surface area contributed by atoms with Crippen molar-refractivity contribution in [3.05, 3.63) is 71.6 Å². The van der Waals surface area contributed by atoms with Gasteiger partial charge in [0, 0.05) is 17.8 Å². The van der Waals surface area contributed by atoms with E-state index in [2.05, 4.69) is 15.8 Å². The Balaban J connectivity index is 1.61. The summed E-state index contributed by atoms with van der Waals surface area (Å²) < 4.78 is 5.19. The van der Waals surface area contributed by atoms with E-state index in [9.17, 15) is 4.79 Å². The van der Waals surface area contributed by atoms with E-state index >= 15 is 0 Å². The average molecular weight is 321 g/mol. The summed E-state index contributed by atoms with van der Waals surface area (Å²) in [5.74, 6) is 0.786. The Bertz CT molecular complexity index is 804. The molecule has 0 aliphatic heterocycles. The minimum atomic E-state index is -0.232. The number of hydrogen-bond donors (Lipinski definition) is 2. The summed E-state index contributed by atoms with van der Waals surface area (Å²) in [7, 11) is 0. The number of carbonyl (C=O) groups is 1. The molecule has 0 spiro atoms. The topological polar surface area (TPSA) is 67.2 Å². The van der Waals surface area contributed by atoms with Gasteiger partial charge < -0.3 is 15.2 Å². The van der Waals surface area contributed by atoms with E-state index in [1.165, 1.54) is 0 Å². The van der Waals surface area contributed by atoms with Crippen LogP contribution in [0.2, 0.25) is 0 Å². The Morgan fingerprint density at radius 2 is 1.75 bits per heavy atom. The molecule has 0 saturated carbocycles. The van der Waals surface area contributed by atoms with Gasteiger partial charge in [0.1, 0.15) is 5.76 Å². The van der Waals surface area contributed by atoms with E-state index in [0.717, 1.165) is 33.8 Å². The second-order valence-corrected chi connectivity index (χ2v) is 5.57. The zero-order chi connectivity index (χ0) is 16.9. The first-order valence-electron chi connectivity index (χ1n) is 7.75. The molecule has 3 rings (SSSR count). The normalized spacial score (nSPS) is 10.4. The van der Waals surface area contributed by atoms with Crippen molar-refractivity contribution in [1.82, 2.24) is 10.5 Å². The van der Waals surface area contributed by atoms with E-state index in [-0.39, 0.29) is 6.03 Å². The van der Waals surface area contributed by atoms with E-state index < -0.39 is 0 Å². The fourth-order valence-corrected chi connectivity index (χ4v) is 2.57. The summed E-state index contributed by atoms with van der Waals surface area (Å²) in [6.07, 6.45) is 0. The van der Waals surface area contributed by atoms with Gasteiger partial charge in [-0.25, -0.2) is 4.79 Å². The number of anilines is 1. The molecule has 1 heterocycles. The third kappa shape index (κ3) is 3.63. The van der Waals surface area contributed by atoms with Crippen LogP contribution in [-0.4, -0.2) is 11.2 Å². The van der Waals surface area contributed by atoms with Gasteiger partial charge in [0.2, 0.25) is 0 Å². The van der Waals surface area contributed by atoms with Crippen LogP contribution in [0.5, 0.6) is 0 Å². The highest BCUT2D eigenvalue weighted by molar-refractivity contribution is 5.89. The van der Waals surface area contributed by atoms with Gasteiger partial charge in [-0.2, -0.15) is 0 Å². The molecule has 5 nitrogen and oxygen atoms in total. The van der Waals surface area contributed by atoms with Crippen LogP contribution in [-0.2, 0) is 6.54 Å². The van der Waals surface area contributed by atoms with E-state index in [4.69, 9.17) is 4.52 Å². The van der Waals surface area contributed by atoms with Crippen molar-refractivity contribution in [3.63, 3.8) is 0 Å². The predicted octanol–water partition coefficient (Wildman–Crippen LogP) is 4.28. The van der Waals surface area contributed by atoms with Gasteiger partial charge in [0.15, 0.2) is 0 Å². The first-order valence-corrected chi connectivity index (χ1v) is 7.75. The largest absolute Gasteiger partial charge is 0.361 e. The zero-order valence-electron chi connectivity index (χ0n) is 13.7. The smallest absolute Gasteiger partial charge is 0.319 e. The molecule has 0 radical (unpaired) electrons. The van der Waals surface area contributed by atoms with Gasteiger partial charge in [-0.1, -0.05) is 47.6 Å². The maximum atomic E-state index is 12.0. The molecule has 3 aromatic rings. The Labute approximate surface area is 140 Å². The molecular formula is C19H19N3O2. The number of rotatable bonds is 4. The Hall–Kier alpha value is -3.08. The number of aryl methyl sites for hydroxylation is 2. The minimum absolute atomic E-state index is 0.232. The Morgan fingerprint density at radius 1 is 1.04 bits per heavy atom. The zero-order valence-corrected chi connectivity index (χ0v) is 13.7. The average Bonchev–Trinajstić information content (AvgIpc) is 2.93. The second-order valence-electron chi connectivity index (χ2n) is 5.57. The molecule has 2 amide bonds. The molecule has 0 fully saturated rings. The fourth-order valence-electron chi connectivity index (χ4n) is 2.57. The van der Waals surface area contributed by atoms with Crippen LogP contribution in [0.15, 0.2) is 59.1 Å². The summed E-state index contributed by atoms with van der Waals surface area (Å²) >= 11 is 0. The van der Waals surface area contributed by atoms with E-state index in [0.29, 0.717) is 6.54 Å². The van der Waals surface area contributed by atoms with Crippen molar-refractivity contribution in [2.24, 2.45) is 0 Å². The summed E-state index contributed by atoms with van der Waals surface area (Å²) in [5, 5.41) is 9.62. The second kappa shape index (κ2) is 7.00. The molecule has 5 heteroatoms. The van der Waals surface area contributed by atoms with Crippen LogP contribution in [0.1, 0.15) is 17.0 Å². The Kier molecular flexibility index (Phi) is 4.61. The fraction of sp³-hybridized carbons (Fsp3) is 0.158. The number of amides is 2. The van der Waals surface area contributed by atoms with Crippen molar-refractivity contribution in [1.29, 1.82) is 0 Å². The third-order valence-corrected chi connectivity index (χ3v) is 3.76. The highest BCUT2D eigenvalue weighted by Gasteiger charge is 2.11. The maximum Gasteiger partial charge on any atom is 0.319 e. The van der Waals surface area contributed by atoms with Crippen molar-refractivity contribution < 1.29 is 9.32 Å². The third-order valence-electron chi connectivity index (χ3n) is 3.76. The van der Waals surface area contributed by atoms with Crippen LogP contribution in [0.25, 0.3) is 11.1 Å². The summed E-state index contributed by atoms with van der Waals surface area (Å²) in [6, 6.07) is 17.2. The van der Waals surface area contributed by atoms with E-state index in [1.807, 2.05) is 68.4 Å². The number of carbonyl (C=O) groups excluding carboxylic acids is 1. The van der Waals surface area contributed by atoms with Gasteiger partial charge in [-0.15, -0.1) is 0 Å². The molecule has 24 heavy (non-hydrogen) atoms. The summed E-state index contributed by atoms with van der Waals surface area (Å²) in [6.45, 7) is 4.29. The lowest BCUT2D eigenvalue weighted by Gasteiger charge is -2.08.